The molecule has 4 heteroatoms. The molecule has 1 aromatic rings. The minimum Gasteiger partial charge on any atom is -1.00 e. The van der Waals surface area contributed by atoms with Crippen molar-refractivity contribution in [3.63, 3.8) is 0 Å². The number of hydrogen-bond donors (Lipinski definition) is 1. The SMILES string of the molecule is [2H]C([2H])([2H])Oc1ccc(C(C[N+](C)(C)C)C2(O)CCCCC2)cc1.[I-]. The summed E-state index contributed by atoms with van der Waals surface area (Å²) in [6.45, 7) is 0.829. The van der Waals surface area contributed by atoms with Crippen LogP contribution in [-0.4, -0.2) is 49.9 Å². The molecule has 126 valence electrons. The number of nitrogens with zero attached hydrogens (tertiary/aromatic N) is 1. The van der Waals surface area contributed by atoms with Gasteiger partial charge < -0.3 is 38.3 Å². The van der Waals surface area contributed by atoms with Crippen LogP contribution < -0.4 is 28.7 Å². The molecule has 2 rings (SSSR count). The van der Waals surface area contributed by atoms with Crippen LogP contribution in [0.1, 0.15) is 47.7 Å². The second kappa shape index (κ2) is 7.97. The number of likely N-dealkylation sites (N-methyl/N-ethyl adjacent to an activating group) is 1. The number of aliphatic hydroxyl groups is 1. The van der Waals surface area contributed by atoms with Crippen molar-refractivity contribution < 1.29 is 42.4 Å². The predicted octanol–water partition coefficient (Wildman–Crippen LogP) is 0.184. The lowest BCUT2D eigenvalue weighted by Crippen LogP contribution is -3.00. The smallest absolute Gasteiger partial charge is 0.118 e. The van der Waals surface area contributed by atoms with Crippen LogP contribution in [0.25, 0.3) is 0 Å². The molecule has 1 aliphatic rings. The molecular weight excluding hydrogens is 389 g/mol. The van der Waals surface area contributed by atoms with Crippen molar-refractivity contribution in [2.45, 2.75) is 43.6 Å². The van der Waals surface area contributed by atoms with Crippen molar-refractivity contribution in [3.8, 4) is 5.75 Å². The fourth-order valence-corrected chi connectivity index (χ4v) is 3.41. The van der Waals surface area contributed by atoms with Crippen molar-refractivity contribution in [2.24, 2.45) is 0 Å². The molecule has 0 aromatic heterocycles. The molecule has 0 spiro atoms. The molecule has 0 amide bonds. The molecule has 1 aromatic carbocycles. The molecule has 0 radical (unpaired) electrons. The highest BCUT2D eigenvalue weighted by molar-refractivity contribution is 5.31. The van der Waals surface area contributed by atoms with Crippen LogP contribution in [0.4, 0.5) is 0 Å². The first-order chi connectivity index (χ1) is 11.0. The lowest BCUT2D eigenvalue weighted by atomic mass is 9.72. The normalized spacial score (nSPS) is 21.7. The van der Waals surface area contributed by atoms with E-state index in [2.05, 4.69) is 21.1 Å². The van der Waals surface area contributed by atoms with Gasteiger partial charge in [-0.25, -0.2) is 0 Å². The molecular formula is C18H30INO2. The van der Waals surface area contributed by atoms with Gasteiger partial charge in [-0.05, 0) is 30.5 Å². The highest BCUT2D eigenvalue weighted by Crippen LogP contribution is 2.41. The van der Waals surface area contributed by atoms with E-state index in [1.54, 1.807) is 12.1 Å². The van der Waals surface area contributed by atoms with Crippen LogP contribution in [0.3, 0.4) is 0 Å². The van der Waals surface area contributed by atoms with E-state index in [9.17, 15) is 5.11 Å². The summed E-state index contributed by atoms with van der Waals surface area (Å²) in [6, 6.07) is 7.18. The number of halogens is 1. The van der Waals surface area contributed by atoms with Gasteiger partial charge in [-0.15, -0.1) is 0 Å². The van der Waals surface area contributed by atoms with E-state index < -0.39 is 12.6 Å². The number of quaternary nitrogens is 1. The third-order valence-corrected chi connectivity index (χ3v) is 4.50. The minimum absolute atomic E-state index is 0. The molecule has 3 nitrogen and oxygen atoms in total. The van der Waals surface area contributed by atoms with Gasteiger partial charge in [0.25, 0.3) is 0 Å². The molecule has 22 heavy (non-hydrogen) atoms. The molecule has 0 heterocycles. The maximum atomic E-state index is 11.3. The zero-order chi connectivity index (χ0) is 18.0. The van der Waals surface area contributed by atoms with E-state index >= 15 is 0 Å². The van der Waals surface area contributed by atoms with Crippen LogP contribution in [0.15, 0.2) is 24.3 Å². The van der Waals surface area contributed by atoms with Gasteiger partial charge in [-0.2, -0.15) is 0 Å². The first-order valence-corrected chi connectivity index (χ1v) is 7.80. The highest BCUT2D eigenvalue weighted by Gasteiger charge is 2.41. The van der Waals surface area contributed by atoms with Crippen molar-refractivity contribution in [3.05, 3.63) is 29.8 Å². The second-order valence-corrected chi connectivity index (χ2v) is 7.36. The fourth-order valence-electron chi connectivity index (χ4n) is 3.41. The Morgan fingerprint density at radius 1 is 1.18 bits per heavy atom. The Hall–Kier alpha value is -0.330. The van der Waals surface area contributed by atoms with E-state index in [0.717, 1.165) is 42.3 Å². The summed E-state index contributed by atoms with van der Waals surface area (Å²) in [7, 11) is 3.95. The summed E-state index contributed by atoms with van der Waals surface area (Å²) in [5.41, 5.74) is 0.362. The molecule has 0 saturated heterocycles. The van der Waals surface area contributed by atoms with Gasteiger partial charge in [0.2, 0.25) is 0 Å². The Morgan fingerprint density at radius 3 is 2.27 bits per heavy atom. The summed E-state index contributed by atoms with van der Waals surface area (Å²) in [5, 5.41) is 11.3. The Morgan fingerprint density at radius 2 is 1.77 bits per heavy atom. The summed E-state index contributed by atoms with van der Waals surface area (Å²) in [4.78, 5) is 0. The zero-order valence-corrected chi connectivity index (χ0v) is 16.0. The lowest BCUT2D eigenvalue weighted by Gasteiger charge is -2.42. The van der Waals surface area contributed by atoms with Crippen LogP contribution in [0.5, 0.6) is 5.75 Å². The van der Waals surface area contributed by atoms with Crippen LogP contribution in [0.2, 0.25) is 0 Å². The summed E-state index contributed by atoms with van der Waals surface area (Å²) >= 11 is 0. The lowest BCUT2D eigenvalue weighted by molar-refractivity contribution is -0.872. The molecule has 1 unspecified atom stereocenters. The molecule has 0 bridgehead atoms. The number of ether oxygens (including phenoxy) is 1. The van der Waals surface area contributed by atoms with Gasteiger partial charge in [0.15, 0.2) is 0 Å². The molecule has 0 aliphatic heterocycles. The van der Waals surface area contributed by atoms with E-state index in [1.807, 2.05) is 12.1 Å². The van der Waals surface area contributed by atoms with E-state index in [1.165, 1.54) is 6.42 Å². The topological polar surface area (TPSA) is 29.5 Å². The maximum Gasteiger partial charge on any atom is 0.118 e. The van der Waals surface area contributed by atoms with Crippen LogP contribution in [-0.2, 0) is 0 Å². The number of methoxy groups -OCH3 is 1. The van der Waals surface area contributed by atoms with Crippen molar-refractivity contribution >= 4 is 0 Å². The first kappa shape index (κ1) is 15.2. The Bertz CT molecular complexity index is 535. The molecule has 1 aliphatic carbocycles. The van der Waals surface area contributed by atoms with E-state index in [0.29, 0.717) is 5.75 Å². The van der Waals surface area contributed by atoms with Crippen molar-refractivity contribution in [2.75, 3.05) is 34.7 Å². The van der Waals surface area contributed by atoms with Crippen molar-refractivity contribution in [1.82, 2.24) is 0 Å². The minimum atomic E-state index is -2.44. The van der Waals surface area contributed by atoms with Gasteiger partial charge in [0, 0.05) is 0 Å². The number of benzene rings is 1. The van der Waals surface area contributed by atoms with Gasteiger partial charge in [-0.1, -0.05) is 31.4 Å². The van der Waals surface area contributed by atoms with Gasteiger partial charge in [0.05, 0.1) is 50.4 Å². The third-order valence-electron chi connectivity index (χ3n) is 4.50. The van der Waals surface area contributed by atoms with Gasteiger partial charge >= 0.3 is 0 Å². The van der Waals surface area contributed by atoms with E-state index in [-0.39, 0.29) is 29.9 Å². The standard InChI is InChI=1S/C18H30NO2.HI/c1-19(2,3)14-17(18(20)12-6-5-7-13-18)15-8-10-16(21-4)11-9-15;/h8-11,17,20H,5-7,12-14H2,1-4H3;1H/q+1;/p-1/i4D3;. The van der Waals surface area contributed by atoms with E-state index in [4.69, 9.17) is 8.85 Å². The predicted molar refractivity (Wildman–Crippen MR) is 86.7 cm³/mol. The molecule has 1 N–H and O–H groups in total. The number of hydrogen-bond acceptors (Lipinski definition) is 2. The summed E-state index contributed by atoms with van der Waals surface area (Å²) in [6.07, 6.45) is 4.95. The average Bonchev–Trinajstić information content (AvgIpc) is 2.44. The summed E-state index contributed by atoms with van der Waals surface area (Å²) in [5.74, 6) is 0.359. The third kappa shape index (κ3) is 5.10. The Balaban J connectivity index is 0.00000312. The molecule has 1 saturated carbocycles. The molecule has 1 atom stereocenters. The monoisotopic (exact) mass is 422 g/mol. The molecule has 1 fully saturated rings. The quantitative estimate of drug-likeness (QED) is 0.542. The van der Waals surface area contributed by atoms with Crippen molar-refractivity contribution in [1.29, 1.82) is 0 Å². The van der Waals surface area contributed by atoms with Gasteiger partial charge in [0.1, 0.15) is 5.75 Å². The van der Waals surface area contributed by atoms with Crippen LogP contribution >= 0.6 is 0 Å². The maximum absolute atomic E-state index is 11.3. The largest absolute Gasteiger partial charge is 1.00 e. The fraction of sp³-hybridized carbons (Fsp3) is 0.667. The zero-order valence-electron chi connectivity index (χ0n) is 16.8. The van der Waals surface area contributed by atoms with Crippen LogP contribution in [0, 0.1) is 0 Å². The summed E-state index contributed by atoms with van der Waals surface area (Å²) < 4.78 is 27.3. The highest BCUT2D eigenvalue weighted by atomic mass is 127. The van der Waals surface area contributed by atoms with Gasteiger partial charge in [-0.3, -0.25) is 0 Å². The second-order valence-electron chi connectivity index (χ2n) is 7.36. The first-order valence-electron chi connectivity index (χ1n) is 9.30. The number of rotatable bonds is 5. The Labute approximate surface area is 156 Å². The average molecular weight is 422 g/mol. The Kier molecular flexibility index (Phi) is 5.51.